The van der Waals surface area contributed by atoms with Gasteiger partial charge in [0.1, 0.15) is 5.52 Å². The van der Waals surface area contributed by atoms with E-state index in [9.17, 15) is 0 Å². The van der Waals surface area contributed by atoms with Gasteiger partial charge in [0.2, 0.25) is 5.89 Å². The molecular weight excluding hydrogens is 641 g/mol. The maximum atomic E-state index is 6.52. The number of benzene rings is 8. The number of hydrogen-bond acceptors (Lipinski definition) is 4. The van der Waals surface area contributed by atoms with Crippen LogP contribution in [0.1, 0.15) is 0 Å². The number of oxazole rings is 1. The Morgan fingerprint density at radius 2 is 1.06 bits per heavy atom. The van der Waals surface area contributed by atoms with Crippen LogP contribution in [0, 0.1) is 0 Å². The standard InChI is InChI=1S/C47H30N2OS/c1-3-13-34(14-4-1)47-48-42-30-41(46-44(45(42)50-47)40-19-9-10-21-43(40)51-46)33-24-28-37(29-25-33)49(35-16-5-2-6-17-35)36-26-22-32(23-27-36)39-20-11-15-31-12-7-8-18-38(31)39/h1-30H. The van der Waals surface area contributed by atoms with E-state index in [0.717, 1.165) is 50.2 Å². The van der Waals surface area contributed by atoms with Crippen LogP contribution in [-0.4, -0.2) is 4.98 Å². The molecule has 0 radical (unpaired) electrons. The van der Waals surface area contributed by atoms with Gasteiger partial charge >= 0.3 is 0 Å². The third-order valence-electron chi connectivity index (χ3n) is 9.70. The van der Waals surface area contributed by atoms with E-state index in [4.69, 9.17) is 9.40 Å². The molecule has 0 bridgehead atoms. The van der Waals surface area contributed by atoms with Crippen molar-refractivity contribution in [1.82, 2.24) is 4.98 Å². The van der Waals surface area contributed by atoms with Crippen molar-refractivity contribution in [3.05, 3.63) is 182 Å². The Bertz CT molecular complexity index is 2830. The number of para-hydroxylation sites is 1. The fourth-order valence-corrected chi connectivity index (χ4v) is 8.51. The number of aromatic nitrogens is 1. The van der Waals surface area contributed by atoms with Crippen molar-refractivity contribution < 1.29 is 4.42 Å². The summed E-state index contributed by atoms with van der Waals surface area (Å²) in [5, 5.41) is 4.83. The van der Waals surface area contributed by atoms with Crippen molar-refractivity contribution in [2.24, 2.45) is 0 Å². The van der Waals surface area contributed by atoms with Gasteiger partial charge in [0, 0.05) is 48.4 Å². The highest BCUT2D eigenvalue weighted by atomic mass is 32.1. The second-order valence-corrected chi connectivity index (χ2v) is 13.8. The molecule has 0 atom stereocenters. The lowest BCUT2D eigenvalue weighted by atomic mass is 9.98. The lowest BCUT2D eigenvalue weighted by Gasteiger charge is -2.26. The molecule has 0 aliphatic rings. The minimum absolute atomic E-state index is 0.639. The number of hydrogen-bond donors (Lipinski definition) is 0. The molecule has 4 heteroatoms. The van der Waals surface area contributed by atoms with E-state index in [2.05, 4.69) is 157 Å². The molecular formula is C47H30N2OS. The molecule has 8 aromatic carbocycles. The molecule has 0 aliphatic heterocycles. The smallest absolute Gasteiger partial charge is 0.227 e. The predicted octanol–water partition coefficient (Wildman–Crippen LogP) is 13.8. The van der Waals surface area contributed by atoms with Crippen LogP contribution in [0.25, 0.3) is 75.8 Å². The van der Waals surface area contributed by atoms with Crippen molar-refractivity contribution in [3.8, 4) is 33.7 Å². The lowest BCUT2D eigenvalue weighted by Crippen LogP contribution is -2.09. The van der Waals surface area contributed by atoms with E-state index >= 15 is 0 Å². The van der Waals surface area contributed by atoms with Crippen molar-refractivity contribution in [2.75, 3.05) is 4.90 Å². The summed E-state index contributed by atoms with van der Waals surface area (Å²) >= 11 is 1.81. The van der Waals surface area contributed by atoms with E-state index in [0.29, 0.717) is 5.89 Å². The van der Waals surface area contributed by atoms with E-state index < -0.39 is 0 Å². The first kappa shape index (κ1) is 29.4. The first-order valence-corrected chi connectivity index (χ1v) is 17.9. The molecule has 0 aliphatic carbocycles. The van der Waals surface area contributed by atoms with Gasteiger partial charge in [0.05, 0.1) is 0 Å². The lowest BCUT2D eigenvalue weighted by molar-refractivity contribution is 0.623. The Morgan fingerprint density at radius 1 is 0.471 bits per heavy atom. The molecule has 3 nitrogen and oxygen atoms in total. The molecule has 0 unspecified atom stereocenters. The summed E-state index contributed by atoms with van der Waals surface area (Å²) in [6.45, 7) is 0. The van der Waals surface area contributed by atoms with Crippen molar-refractivity contribution in [3.63, 3.8) is 0 Å². The quantitative estimate of drug-likeness (QED) is 0.176. The zero-order valence-electron chi connectivity index (χ0n) is 27.5. The van der Waals surface area contributed by atoms with Gasteiger partial charge in [-0.25, -0.2) is 4.98 Å². The summed E-state index contributed by atoms with van der Waals surface area (Å²) in [5.74, 6) is 0.639. The van der Waals surface area contributed by atoms with Crippen LogP contribution in [0.3, 0.4) is 0 Å². The molecule has 0 saturated heterocycles. The highest BCUT2D eigenvalue weighted by Crippen LogP contribution is 2.46. The van der Waals surface area contributed by atoms with Gasteiger partial charge in [0.25, 0.3) is 0 Å². The zero-order valence-corrected chi connectivity index (χ0v) is 28.3. The monoisotopic (exact) mass is 670 g/mol. The number of fused-ring (bicyclic) bond motifs is 6. The average Bonchev–Trinajstić information content (AvgIpc) is 3.81. The molecule has 2 heterocycles. The molecule has 0 saturated carbocycles. The summed E-state index contributed by atoms with van der Waals surface area (Å²) in [4.78, 5) is 7.32. The molecule has 10 rings (SSSR count). The highest BCUT2D eigenvalue weighted by molar-refractivity contribution is 7.26. The van der Waals surface area contributed by atoms with E-state index in [1.807, 2.05) is 41.7 Å². The fraction of sp³-hybridized carbons (Fsp3) is 0. The molecule has 0 spiro atoms. The molecule has 0 fully saturated rings. The maximum absolute atomic E-state index is 6.52. The molecule has 240 valence electrons. The minimum atomic E-state index is 0.639. The Hall–Kier alpha value is -6.49. The van der Waals surface area contributed by atoms with Crippen molar-refractivity contribution in [1.29, 1.82) is 0 Å². The van der Waals surface area contributed by atoms with E-state index in [-0.39, 0.29) is 0 Å². The van der Waals surface area contributed by atoms with Crippen LogP contribution in [0.5, 0.6) is 0 Å². The molecule has 10 aromatic rings. The molecule has 51 heavy (non-hydrogen) atoms. The SMILES string of the molecule is c1ccc(-c2nc3cc(-c4ccc(N(c5ccccc5)c5ccc(-c6cccc7ccccc67)cc5)cc4)c4sc5ccccc5c4c3o2)cc1. The number of anilines is 3. The Morgan fingerprint density at radius 3 is 1.80 bits per heavy atom. The van der Waals surface area contributed by atoms with Gasteiger partial charge in [-0.1, -0.05) is 121 Å². The number of nitrogens with zero attached hydrogens (tertiary/aromatic N) is 2. The third-order valence-corrected chi connectivity index (χ3v) is 10.9. The molecule has 0 N–H and O–H groups in total. The van der Waals surface area contributed by atoms with Crippen LogP contribution in [-0.2, 0) is 0 Å². The first-order chi connectivity index (χ1) is 25.3. The van der Waals surface area contributed by atoms with Crippen LogP contribution < -0.4 is 4.90 Å². The van der Waals surface area contributed by atoms with Gasteiger partial charge in [-0.3, -0.25) is 0 Å². The minimum Gasteiger partial charge on any atom is -0.435 e. The summed E-state index contributed by atoms with van der Waals surface area (Å²) in [7, 11) is 0. The average molecular weight is 671 g/mol. The highest BCUT2D eigenvalue weighted by Gasteiger charge is 2.20. The van der Waals surface area contributed by atoms with Gasteiger partial charge in [0.15, 0.2) is 5.58 Å². The van der Waals surface area contributed by atoms with Crippen LogP contribution in [0.2, 0.25) is 0 Å². The van der Waals surface area contributed by atoms with Crippen LogP contribution in [0.15, 0.2) is 186 Å². The van der Waals surface area contributed by atoms with Crippen molar-refractivity contribution >= 4 is 70.4 Å². The van der Waals surface area contributed by atoms with Gasteiger partial charge in [-0.2, -0.15) is 0 Å². The second-order valence-electron chi connectivity index (χ2n) is 12.8. The summed E-state index contributed by atoms with van der Waals surface area (Å²) in [6.07, 6.45) is 0. The second kappa shape index (κ2) is 12.1. The zero-order chi connectivity index (χ0) is 33.7. The number of thiophene rings is 1. The fourth-order valence-electron chi connectivity index (χ4n) is 7.27. The van der Waals surface area contributed by atoms with Crippen molar-refractivity contribution in [2.45, 2.75) is 0 Å². The summed E-state index contributed by atoms with van der Waals surface area (Å²) < 4.78 is 8.96. The maximum Gasteiger partial charge on any atom is 0.227 e. The van der Waals surface area contributed by atoms with Gasteiger partial charge < -0.3 is 9.32 Å². The normalized spacial score (nSPS) is 11.5. The van der Waals surface area contributed by atoms with Crippen LogP contribution in [0.4, 0.5) is 17.1 Å². The summed E-state index contributed by atoms with van der Waals surface area (Å²) in [5.41, 5.74) is 10.7. The Kier molecular flexibility index (Phi) is 7.00. The van der Waals surface area contributed by atoms with Crippen LogP contribution >= 0.6 is 11.3 Å². The predicted molar refractivity (Wildman–Crippen MR) is 215 cm³/mol. The Labute approximate surface area is 299 Å². The number of rotatable bonds is 6. The first-order valence-electron chi connectivity index (χ1n) is 17.1. The summed E-state index contributed by atoms with van der Waals surface area (Å²) in [6, 6.07) is 64.4. The largest absolute Gasteiger partial charge is 0.435 e. The topological polar surface area (TPSA) is 29.3 Å². The molecule has 0 amide bonds. The third kappa shape index (κ3) is 5.08. The van der Waals surface area contributed by atoms with E-state index in [1.165, 1.54) is 36.7 Å². The van der Waals surface area contributed by atoms with Gasteiger partial charge in [-0.15, -0.1) is 11.3 Å². The van der Waals surface area contributed by atoms with Gasteiger partial charge in [-0.05, 0) is 88.1 Å². The Balaban J connectivity index is 1.08. The van der Waals surface area contributed by atoms with E-state index in [1.54, 1.807) is 0 Å². The molecule has 2 aromatic heterocycles.